The summed E-state index contributed by atoms with van der Waals surface area (Å²) in [5.74, 6) is 0.0987. The second-order valence-electron chi connectivity index (χ2n) is 6.69. The average Bonchev–Trinajstić information content (AvgIpc) is 2.33. The molecule has 112 valence electrons. The van der Waals surface area contributed by atoms with E-state index >= 15 is 0 Å². The van der Waals surface area contributed by atoms with E-state index in [1.807, 2.05) is 0 Å². The van der Waals surface area contributed by atoms with E-state index in [1.165, 1.54) is 25.8 Å². The Labute approximate surface area is 118 Å². The lowest BCUT2D eigenvalue weighted by atomic mass is 10.0. The van der Waals surface area contributed by atoms with Crippen LogP contribution in [-0.2, 0) is 4.79 Å². The molecule has 4 nitrogen and oxygen atoms in total. The highest BCUT2D eigenvalue weighted by Gasteiger charge is 2.17. The van der Waals surface area contributed by atoms with Crippen LogP contribution in [0.2, 0.25) is 0 Å². The zero-order valence-corrected chi connectivity index (χ0v) is 13.1. The van der Waals surface area contributed by atoms with Crippen LogP contribution in [0.3, 0.4) is 0 Å². The lowest BCUT2D eigenvalue weighted by Crippen LogP contribution is -2.44. The predicted octanol–water partition coefficient (Wildman–Crippen LogP) is 1.76. The Morgan fingerprint density at radius 2 is 2.05 bits per heavy atom. The zero-order chi connectivity index (χ0) is 14.3. The Balaban J connectivity index is 2.05. The van der Waals surface area contributed by atoms with Crippen molar-refractivity contribution in [3.63, 3.8) is 0 Å². The first-order chi connectivity index (χ1) is 8.88. The van der Waals surface area contributed by atoms with Crippen molar-refractivity contribution in [3.8, 4) is 0 Å². The molecule has 0 aromatic carbocycles. The summed E-state index contributed by atoms with van der Waals surface area (Å²) in [4.78, 5) is 14.2. The summed E-state index contributed by atoms with van der Waals surface area (Å²) >= 11 is 0. The summed E-state index contributed by atoms with van der Waals surface area (Å²) in [6, 6.07) is 0.715. The Morgan fingerprint density at radius 3 is 2.68 bits per heavy atom. The number of amides is 1. The largest absolute Gasteiger partial charge is 0.355 e. The molecule has 1 aliphatic heterocycles. The van der Waals surface area contributed by atoms with Crippen molar-refractivity contribution in [2.45, 2.75) is 65.0 Å². The molecule has 0 aliphatic carbocycles. The minimum Gasteiger partial charge on any atom is -0.355 e. The van der Waals surface area contributed by atoms with Gasteiger partial charge in [-0.05, 0) is 53.5 Å². The average molecular weight is 269 g/mol. The Hall–Kier alpha value is -0.610. The number of nitrogens with zero attached hydrogens (tertiary/aromatic N) is 1. The quantitative estimate of drug-likeness (QED) is 0.722. The summed E-state index contributed by atoms with van der Waals surface area (Å²) in [5, 5.41) is 6.18. The summed E-state index contributed by atoms with van der Waals surface area (Å²) in [6.07, 6.45) is 5.06. The van der Waals surface area contributed by atoms with Crippen molar-refractivity contribution in [3.05, 3.63) is 0 Å². The molecule has 1 rings (SSSR count). The van der Waals surface area contributed by atoms with E-state index in [2.05, 4.69) is 43.2 Å². The third-order valence-electron chi connectivity index (χ3n) is 3.66. The van der Waals surface area contributed by atoms with E-state index in [0.29, 0.717) is 12.6 Å². The molecule has 0 aromatic rings. The number of hydrogen-bond donors (Lipinski definition) is 2. The normalized spacial score (nSPS) is 21.4. The molecule has 1 heterocycles. The van der Waals surface area contributed by atoms with Crippen molar-refractivity contribution >= 4 is 5.91 Å². The van der Waals surface area contributed by atoms with Gasteiger partial charge in [-0.3, -0.25) is 4.79 Å². The molecule has 4 heteroatoms. The standard InChI is InChI=1S/C15H31N3O/c1-13-8-5-6-10-18(13)11-7-9-16-14(19)12-17-15(2,3)4/h13,17H,5-12H2,1-4H3,(H,16,19). The van der Waals surface area contributed by atoms with Gasteiger partial charge in [-0.25, -0.2) is 0 Å². The van der Waals surface area contributed by atoms with Gasteiger partial charge in [-0.2, -0.15) is 0 Å². The van der Waals surface area contributed by atoms with Crippen molar-refractivity contribution in [2.75, 3.05) is 26.2 Å². The first kappa shape index (κ1) is 16.4. The van der Waals surface area contributed by atoms with Gasteiger partial charge >= 0.3 is 0 Å². The van der Waals surface area contributed by atoms with Gasteiger partial charge in [-0.15, -0.1) is 0 Å². The van der Waals surface area contributed by atoms with Gasteiger partial charge in [0.1, 0.15) is 0 Å². The molecule has 0 saturated carbocycles. The van der Waals surface area contributed by atoms with Crippen molar-refractivity contribution in [1.82, 2.24) is 15.5 Å². The minimum atomic E-state index is 0.000569. The molecule has 19 heavy (non-hydrogen) atoms. The number of piperidine rings is 1. The summed E-state index contributed by atoms with van der Waals surface area (Å²) in [6.45, 7) is 12.0. The van der Waals surface area contributed by atoms with Gasteiger partial charge in [0, 0.05) is 24.7 Å². The third-order valence-corrected chi connectivity index (χ3v) is 3.66. The number of hydrogen-bond acceptors (Lipinski definition) is 3. The third kappa shape index (κ3) is 7.53. The maximum absolute atomic E-state index is 11.6. The predicted molar refractivity (Wildman–Crippen MR) is 80.3 cm³/mol. The van der Waals surface area contributed by atoms with Crippen LogP contribution >= 0.6 is 0 Å². The smallest absolute Gasteiger partial charge is 0.233 e. The van der Waals surface area contributed by atoms with Gasteiger partial charge in [-0.1, -0.05) is 6.42 Å². The van der Waals surface area contributed by atoms with E-state index in [9.17, 15) is 4.79 Å². The fourth-order valence-corrected chi connectivity index (χ4v) is 2.41. The molecule has 0 radical (unpaired) electrons. The minimum absolute atomic E-state index is 0.000569. The first-order valence-electron chi connectivity index (χ1n) is 7.64. The van der Waals surface area contributed by atoms with Crippen LogP contribution in [0.5, 0.6) is 0 Å². The molecule has 1 saturated heterocycles. The Kier molecular flexibility index (Phi) is 6.80. The number of nitrogens with one attached hydrogen (secondary N) is 2. The molecule has 0 spiro atoms. The van der Waals surface area contributed by atoms with E-state index in [4.69, 9.17) is 0 Å². The molecule has 1 unspecified atom stereocenters. The van der Waals surface area contributed by atoms with Crippen LogP contribution in [0.1, 0.15) is 53.4 Å². The monoisotopic (exact) mass is 269 g/mol. The van der Waals surface area contributed by atoms with Crippen LogP contribution in [0.4, 0.5) is 0 Å². The zero-order valence-electron chi connectivity index (χ0n) is 13.1. The lowest BCUT2D eigenvalue weighted by Gasteiger charge is -2.33. The van der Waals surface area contributed by atoms with Crippen LogP contribution in [-0.4, -0.2) is 48.6 Å². The highest BCUT2D eigenvalue weighted by molar-refractivity contribution is 5.78. The SMILES string of the molecule is CC1CCCCN1CCCNC(=O)CNC(C)(C)C. The summed E-state index contributed by atoms with van der Waals surface area (Å²) < 4.78 is 0. The summed E-state index contributed by atoms with van der Waals surface area (Å²) in [5.41, 5.74) is 0.000569. The highest BCUT2D eigenvalue weighted by atomic mass is 16.1. The Morgan fingerprint density at radius 1 is 1.32 bits per heavy atom. The molecular formula is C15H31N3O. The van der Waals surface area contributed by atoms with E-state index < -0.39 is 0 Å². The lowest BCUT2D eigenvalue weighted by molar-refractivity contribution is -0.120. The maximum Gasteiger partial charge on any atom is 0.233 e. The van der Waals surface area contributed by atoms with Gasteiger partial charge < -0.3 is 15.5 Å². The Bertz CT molecular complexity index is 273. The van der Waals surface area contributed by atoms with Crippen LogP contribution in [0, 0.1) is 0 Å². The van der Waals surface area contributed by atoms with E-state index in [-0.39, 0.29) is 11.4 Å². The van der Waals surface area contributed by atoms with Gasteiger partial charge in [0.15, 0.2) is 0 Å². The van der Waals surface area contributed by atoms with Crippen LogP contribution < -0.4 is 10.6 Å². The number of carbonyl (C=O) groups is 1. The van der Waals surface area contributed by atoms with Crippen molar-refractivity contribution in [1.29, 1.82) is 0 Å². The molecule has 0 bridgehead atoms. The fourth-order valence-electron chi connectivity index (χ4n) is 2.41. The molecule has 2 N–H and O–H groups in total. The van der Waals surface area contributed by atoms with E-state index in [0.717, 1.165) is 19.5 Å². The molecule has 1 amide bonds. The second kappa shape index (κ2) is 7.85. The highest BCUT2D eigenvalue weighted by Crippen LogP contribution is 2.15. The summed E-state index contributed by atoms with van der Waals surface area (Å²) in [7, 11) is 0. The topological polar surface area (TPSA) is 44.4 Å². The van der Waals surface area contributed by atoms with Crippen molar-refractivity contribution in [2.24, 2.45) is 0 Å². The van der Waals surface area contributed by atoms with Crippen molar-refractivity contribution < 1.29 is 4.79 Å². The number of likely N-dealkylation sites (tertiary alicyclic amines) is 1. The van der Waals surface area contributed by atoms with E-state index in [1.54, 1.807) is 0 Å². The molecule has 1 aliphatic rings. The number of carbonyl (C=O) groups excluding carboxylic acids is 1. The number of rotatable bonds is 6. The van der Waals surface area contributed by atoms with Crippen LogP contribution in [0.15, 0.2) is 0 Å². The van der Waals surface area contributed by atoms with Gasteiger partial charge in [0.25, 0.3) is 0 Å². The van der Waals surface area contributed by atoms with Crippen LogP contribution in [0.25, 0.3) is 0 Å². The second-order valence-corrected chi connectivity index (χ2v) is 6.69. The van der Waals surface area contributed by atoms with Gasteiger partial charge in [0.2, 0.25) is 5.91 Å². The first-order valence-corrected chi connectivity index (χ1v) is 7.64. The molecular weight excluding hydrogens is 238 g/mol. The molecule has 0 aromatic heterocycles. The van der Waals surface area contributed by atoms with Gasteiger partial charge in [0.05, 0.1) is 6.54 Å². The maximum atomic E-state index is 11.6. The molecule has 1 fully saturated rings. The fraction of sp³-hybridized carbons (Fsp3) is 0.933. The molecule has 1 atom stereocenters.